The number of aliphatic hydroxyl groups excluding tert-OH is 2. The lowest BCUT2D eigenvalue weighted by molar-refractivity contribution is -0.0503. The first kappa shape index (κ1) is 35.4. The van der Waals surface area contributed by atoms with Gasteiger partial charge in [-0.2, -0.15) is 12.9 Å². The minimum absolute atomic E-state index is 0.000910. The van der Waals surface area contributed by atoms with Gasteiger partial charge in [0.25, 0.3) is 0 Å². The van der Waals surface area contributed by atoms with Crippen molar-refractivity contribution in [3.05, 3.63) is 52.9 Å². The number of nitrogens with zero attached hydrogens (tertiary/aromatic N) is 4. The second kappa shape index (κ2) is 12.8. The number of rotatable bonds is 12. The summed E-state index contributed by atoms with van der Waals surface area (Å²) < 4.78 is 81.6. The summed E-state index contributed by atoms with van der Waals surface area (Å²) in [6, 6.07) is 4.55. The Labute approximate surface area is 260 Å². The van der Waals surface area contributed by atoms with E-state index in [0.717, 1.165) is 24.8 Å². The molecule has 8 N–H and O–H groups in total. The molecule has 0 radical (unpaired) electrons. The lowest BCUT2D eigenvalue weighted by atomic mass is 10.1. The van der Waals surface area contributed by atoms with Crippen LogP contribution in [0.1, 0.15) is 11.8 Å². The minimum Gasteiger partial charge on any atom is -0.423 e. The molecule has 27 heteroatoms. The molecule has 4 heterocycles. The second-order valence-electron chi connectivity index (χ2n) is 9.54. The van der Waals surface area contributed by atoms with E-state index in [1.807, 2.05) is 0 Å². The van der Waals surface area contributed by atoms with E-state index in [2.05, 4.69) is 36.9 Å². The number of phosphoric acid groups is 4. The number of aromatic nitrogens is 4. The van der Waals surface area contributed by atoms with Crippen LogP contribution in [-0.2, 0) is 40.5 Å². The quantitative estimate of drug-likeness (QED) is 0.0785. The fourth-order valence-corrected chi connectivity index (χ4v) is 9.22. The van der Waals surface area contributed by atoms with Crippen LogP contribution in [0, 0.1) is 6.92 Å². The third-order valence-electron chi connectivity index (χ3n) is 6.16. The van der Waals surface area contributed by atoms with Crippen LogP contribution < -0.4 is 15.9 Å². The number of anilines is 1. The molecular formula is C20H23N5O18P4. The number of phosphoric ester groups is 2. The van der Waals surface area contributed by atoms with E-state index < -0.39 is 73.8 Å². The van der Waals surface area contributed by atoms with Crippen LogP contribution in [-0.4, -0.2) is 74.2 Å². The van der Waals surface area contributed by atoms with Gasteiger partial charge in [-0.1, -0.05) is 0 Å². The number of aliphatic hydroxyl groups is 2. The molecule has 5 rings (SSSR count). The van der Waals surface area contributed by atoms with Crippen LogP contribution in [0.2, 0.25) is 0 Å². The number of hydrogen-bond acceptors (Lipinski definition) is 18. The number of ether oxygens (including phenoxy) is 1. The summed E-state index contributed by atoms with van der Waals surface area (Å²) in [5.41, 5.74) is 5.58. The van der Waals surface area contributed by atoms with Crippen molar-refractivity contribution < 1.29 is 79.2 Å². The molecule has 47 heavy (non-hydrogen) atoms. The molecule has 1 aliphatic heterocycles. The van der Waals surface area contributed by atoms with Gasteiger partial charge < -0.3 is 44.3 Å². The highest BCUT2D eigenvalue weighted by Crippen LogP contribution is 2.71. The number of fused-ring (bicyclic) bond motifs is 2. The van der Waals surface area contributed by atoms with Gasteiger partial charge in [-0.25, -0.2) is 38.0 Å². The van der Waals surface area contributed by atoms with Crippen molar-refractivity contribution >= 4 is 59.2 Å². The van der Waals surface area contributed by atoms with Crippen molar-refractivity contribution in [1.82, 2.24) is 19.5 Å². The molecule has 0 spiro atoms. The third kappa shape index (κ3) is 8.21. The van der Waals surface area contributed by atoms with Gasteiger partial charge in [0.15, 0.2) is 17.7 Å². The Morgan fingerprint density at radius 2 is 1.57 bits per heavy atom. The minimum atomic E-state index is -6.13. The summed E-state index contributed by atoms with van der Waals surface area (Å²) in [6.07, 6.45) is -4.16. The van der Waals surface area contributed by atoms with Crippen molar-refractivity contribution in [2.24, 2.45) is 0 Å². The van der Waals surface area contributed by atoms with E-state index in [9.17, 15) is 52.8 Å². The summed E-state index contributed by atoms with van der Waals surface area (Å²) in [6.45, 7) is 0.499. The molecule has 4 unspecified atom stereocenters. The zero-order valence-electron chi connectivity index (χ0n) is 23.2. The lowest BCUT2D eigenvalue weighted by Gasteiger charge is -2.21. The molecule has 1 fully saturated rings. The molecule has 0 saturated carbocycles. The van der Waals surface area contributed by atoms with E-state index >= 15 is 0 Å². The van der Waals surface area contributed by atoms with Gasteiger partial charge in [0.05, 0.1) is 12.9 Å². The van der Waals surface area contributed by atoms with Gasteiger partial charge in [-0.05, 0) is 24.6 Å². The molecule has 1 saturated heterocycles. The van der Waals surface area contributed by atoms with Crippen LogP contribution in [0.15, 0.2) is 46.1 Å². The van der Waals surface area contributed by atoms with Crippen molar-refractivity contribution in [3.8, 4) is 5.75 Å². The van der Waals surface area contributed by atoms with E-state index in [-0.39, 0.29) is 22.6 Å². The van der Waals surface area contributed by atoms with Crippen LogP contribution >= 0.6 is 31.3 Å². The Kier molecular flexibility index (Phi) is 9.65. The maximum Gasteiger partial charge on any atom is 0.536 e. The first-order valence-corrected chi connectivity index (χ1v) is 18.5. The van der Waals surface area contributed by atoms with Gasteiger partial charge in [0.1, 0.15) is 41.5 Å². The molecule has 8 atom stereocenters. The summed E-state index contributed by atoms with van der Waals surface area (Å²) in [4.78, 5) is 62.7. The molecule has 3 aromatic heterocycles. The fourth-order valence-electron chi connectivity index (χ4n) is 4.28. The predicted octanol–water partition coefficient (Wildman–Crippen LogP) is 0.990. The molecular weight excluding hydrogens is 722 g/mol. The molecule has 0 aliphatic carbocycles. The average molecular weight is 745 g/mol. The molecule has 1 aromatic carbocycles. The highest BCUT2D eigenvalue weighted by atomic mass is 31.3. The van der Waals surface area contributed by atoms with E-state index in [1.54, 1.807) is 6.92 Å². The summed E-state index contributed by atoms with van der Waals surface area (Å²) in [5, 5.41) is 21.2. The molecule has 23 nitrogen and oxygen atoms in total. The van der Waals surface area contributed by atoms with Gasteiger partial charge in [0.2, 0.25) is 0 Å². The van der Waals surface area contributed by atoms with Crippen molar-refractivity contribution in [2.75, 3.05) is 12.3 Å². The molecule has 4 aromatic rings. The van der Waals surface area contributed by atoms with Crippen molar-refractivity contribution in [3.63, 3.8) is 0 Å². The van der Waals surface area contributed by atoms with Gasteiger partial charge in [-0.15, -0.1) is 0 Å². The Hall–Kier alpha value is -2.94. The lowest BCUT2D eigenvalue weighted by Crippen LogP contribution is -2.33. The summed E-state index contributed by atoms with van der Waals surface area (Å²) in [5.74, 6) is -0.518. The largest absolute Gasteiger partial charge is 0.536 e. The van der Waals surface area contributed by atoms with Crippen LogP contribution in [0.3, 0.4) is 0 Å². The standard InChI is InChI=1S/C20H23N5O18P4/c1-9-4-14(26)38-12-5-10(2-3-11(9)12)40-45(31,32)42-47(35,36)43-46(33,34)41-44(29,30)37-6-13-16(27)17(28)20(39-13)25-8-24-15-18(21)22-7-23-19(15)25/h2-5,7-8,13,16-17,20,27-28H,6H2,1H3,(H,29,30)(H,31,32)(H,33,34)(H,35,36)(H2,21,22,23)/t13-,16-,17-,20-/m1/s1. The smallest absolute Gasteiger partial charge is 0.423 e. The number of imidazole rings is 1. The molecule has 0 bridgehead atoms. The zero-order chi connectivity index (χ0) is 34.5. The van der Waals surface area contributed by atoms with E-state index in [4.69, 9.17) is 14.9 Å². The summed E-state index contributed by atoms with van der Waals surface area (Å²) in [7, 11) is -23.6. The van der Waals surface area contributed by atoms with Crippen LogP contribution in [0.5, 0.6) is 5.75 Å². The Morgan fingerprint density at radius 1 is 0.915 bits per heavy atom. The highest BCUT2D eigenvalue weighted by molar-refractivity contribution is 7.69. The van der Waals surface area contributed by atoms with Crippen molar-refractivity contribution in [2.45, 2.75) is 31.5 Å². The summed E-state index contributed by atoms with van der Waals surface area (Å²) >= 11 is 0. The normalized spacial score (nSPS) is 25.2. The van der Waals surface area contributed by atoms with Crippen LogP contribution in [0.25, 0.3) is 22.1 Å². The Morgan fingerprint density at radius 3 is 2.28 bits per heavy atom. The SMILES string of the molecule is Cc1cc(=O)oc2cc(OP(=O)(O)OP(=O)(O)OP(=O)(O)OP(=O)(O)OC[C@H]3O[C@@H](n4cnc5c(N)ncnc54)[C@H](O)[C@@H]3O)ccc12. The predicted molar refractivity (Wildman–Crippen MR) is 152 cm³/mol. The number of hydrogen-bond donors (Lipinski definition) is 7. The average Bonchev–Trinajstić information content (AvgIpc) is 3.46. The Bertz CT molecular complexity index is 2090. The topological polar surface area (TPSA) is 345 Å². The first-order valence-electron chi connectivity index (χ1n) is 12.5. The fraction of sp³-hybridized carbons (Fsp3) is 0.300. The van der Waals surface area contributed by atoms with Crippen LogP contribution in [0.4, 0.5) is 5.82 Å². The van der Waals surface area contributed by atoms with Gasteiger partial charge in [-0.3, -0.25) is 14.0 Å². The maximum absolute atomic E-state index is 12.3. The second-order valence-corrected chi connectivity index (χ2v) is 15.7. The number of benzene rings is 1. The number of nitrogen functional groups attached to an aromatic ring is 1. The van der Waals surface area contributed by atoms with Gasteiger partial charge in [0, 0.05) is 17.5 Å². The maximum atomic E-state index is 12.3. The number of nitrogens with two attached hydrogens (primary N) is 1. The van der Waals surface area contributed by atoms with E-state index in [1.165, 1.54) is 16.7 Å². The first-order chi connectivity index (χ1) is 21.7. The molecule has 0 amide bonds. The monoisotopic (exact) mass is 745 g/mol. The highest BCUT2D eigenvalue weighted by Gasteiger charge is 2.48. The molecule has 1 aliphatic rings. The number of aryl methyl sites for hydroxylation is 1. The third-order valence-corrected chi connectivity index (χ3v) is 12.0. The van der Waals surface area contributed by atoms with E-state index in [0.29, 0.717) is 10.9 Å². The van der Waals surface area contributed by atoms with Crippen molar-refractivity contribution in [1.29, 1.82) is 0 Å². The van der Waals surface area contributed by atoms with Gasteiger partial charge >= 0.3 is 36.9 Å². The zero-order valence-corrected chi connectivity index (χ0v) is 26.8. The molecule has 256 valence electrons. The Balaban J connectivity index is 1.19.